The van der Waals surface area contributed by atoms with Gasteiger partial charge in [0.15, 0.2) is 0 Å². The Morgan fingerprint density at radius 2 is 1.71 bits per heavy atom. The van der Waals surface area contributed by atoms with E-state index in [1.807, 2.05) is 0 Å². The standard InChI is InChI=1S/C14H29N3/c1-3-13(4-2)17-10-7-14(11-17)16-8-5-12(15)6-9-16/h12-14H,3-11,15H2,1-2H3. The Hall–Kier alpha value is -0.120. The number of piperidine rings is 1. The lowest BCUT2D eigenvalue weighted by molar-refractivity contribution is 0.142. The molecule has 0 aromatic carbocycles. The number of rotatable bonds is 4. The van der Waals surface area contributed by atoms with Crippen molar-refractivity contribution in [1.29, 1.82) is 0 Å². The predicted octanol–water partition coefficient (Wildman–Crippen LogP) is 1.67. The average Bonchev–Trinajstić information content (AvgIpc) is 2.81. The molecule has 2 fully saturated rings. The van der Waals surface area contributed by atoms with Crippen LogP contribution in [0.15, 0.2) is 0 Å². The summed E-state index contributed by atoms with van der Waals surface area (Å²) in [4.78, 5) is 5.39. The van der Waals surface area contributed by atoms with Gasteiger partial charge in [-0.2, -0.15) is 0 Å². The van der Waals surface area contributed by atoms with Crippen LogP contribution in [0, 0.1) is 0 Å². The number of hydrogen-bond donors (Lipinski definition) is 1. The maximum Gasteiger partial charge on any atom is 0.0235 e. The molecule has 2 heterocycles. The van der Waals surface area contributed by atoms with Crippen LogP contribution in [0.1, 0.15) is 46.0 Å². The van der Waals surface area contributed by atoms with E-state index in [2.05, 4.69) is 23.6 Å². The van der Waals surface area contributed by atoms with Crippen LogP contribution in [0.3, 0.4) is 0 Å². The van der Waals surface area contributed by atoms with Gasteiger partial charge < -0.3 is 5.73 Å². The molecule has 100 valence electrons. The highest BCUT2D eigenvalue weighted by atomic mass is 15.3. The van der Waals surface area contributed by atoms with E-state index in [-0.39, 0.29) is 0 Å². The van der Waals surface area contributed by atoms with E-state index < -0.39 is 0 Å². The molecular formula is C14H29N3. The second-order valence-electron chi connectivity index (χ2n) is 5.78. The highest BCUT2D eigenvalue weighted by molar-refractivity contribution is 4.88. The molecule has 0 saturated carbocycles. The van der Waals surface area contributed by atoms with Crippen LogP contribution < -0.4 is 5.73 Å². The Bertz CT molecular complexity index is 220. The molecule has 17 heavy (non-hydrogen) atoms. The molecule has 0 radical (unpaired) electrons. The summed E-state index contributed by atoms with van der Waals surface area (Å²) in [5.74, 6) is 0. The first-order valence-electron chi connectivity index (χ1n) is 7.48. The van der Waals surface area contributed by atoms with E-state index in [1.165, 1.54) is 58.3 Å². The predicted molar refractivity (Wildman–Crippen MR) is 73.1 cm³/mol. The maximum absolute atomic E-state index is 5.98. The highest BCUT2D eigenvalue weighted by Crippen LogP contribution is 2.23. The molecule has 2 N–H and O–H groups in total. The molecule has 0 aliphatic carbocycles. The molecular weight excluding hydrogens is 210 g/mol. The fourth-order valence-corrected chi connectivity index (χ4v) is 3.49. The summed E-state index contributed by atoms with van der Waals surface area (Å²) in [5, 5.41) is 0. The molecule has 1 unspecified atom stereocenters. The highest BCUT2D eigenvalue weighted by Gasteiger charge is 2.31. The number of likely N-dealkylation sites (tertiary alicyclic amines) is 2. The molecule has 2 aliphatic heterocycles. The number of hydrogen-bond acceptors (Lipinski definition) is 3. The fraction of sp³-hybridized carbons (Fsp3) is 1.00. The van der Waals surface area contributed by atoms with Crippen molar-refractivity contribution in [1.82, 2.24) is 9.80 Å². The third-order valence-electron chi connectivity index (χ3n) is 4.74. The third kappa shape index (κ3) is 3.21. The Balaban J connectivity index is 1.81. The van der Waals surface area contributed by atoms with E-state index in [0.29, 0.717) is 6.04 Å². The van der Waals surface area contributed by atoms with Gasteiger partial charge in [-0.05, 0) is 45.2 Å². The zero-order valence-corrected chi connectivity index (χ0v) is 11.6. The van der Waals surface area contributed by atoms with E-state index >= 15 is 0 Å². The summed E-state index contributed by atoms with van der Waals surface area (Å²) in [6, 6.07) is 2.08. The van der Waals surface area contributed by atoms with Gasteiger partial charge >= 0.3 is 0 Å². The smallest absolute Gasteiger partial charge is 0.0235 e. The molecule has 3 nitrogen and oxygen atoms in total. The minimum atomic E-state index is 0.461. The molecule has 0 bridgehead atoms. The van der Waals surface area contributed by atoms with E-state index in [1.54, 1.807) is 0 Å². The minimum absolute atomic E-state index is 0.461. The summed E-state index contributed by atoms with van der Waals surface area (Å²) in [7, 11) is 0. The second-order valence-corrected chi connectivity index (χ2v) is 5.78. The molecule has 3 heteroatoms. The summed E-state index contributed by atoms with van der Waals surface area (Å²) in [6.45, 7) is 9.69. The van der Waals surface area contributed by atoms with Crippen LogP contribution in [-0.2, 0) is 0 Å². The zero-order valence-electron chi connectivity index (χ0n) is 11.6. The van der Waals surface area contributed by atoms with E-state index in [4.69, 9.17) is 5.73 Å². The minimum Gasteiger partial charge on any atom is -0.328 e. The fourth-order valence-electron chi connectivity index (χ4n) is 3.49. The van der Waals surface area contributed by atoms with Gasteiger partial charge in [-0.3, -0.25) is 9.80 Å². The first kappa shape index (κ1) is 13.3. The summed E-state index contributed by atoms with van der Waals surface area (Å²) in [5.41, 5.74) is 5.98. The van der Waals surface area contributed by atoms with Crippen LogP contribution in [0.4, 0.5) is 0 Å². The van der Waals surface area contributed by atoms with Crippen molar-refractivity contribution in [3.05, 3.63) is 0 Å². The first-order valence-corrected chi connectivity index (χ1v) is 7.48. The molecule has 2 aliphatic rings. The normalized spacial score (nSPS) is 29.3. The molecule has 0 aromatic rings. The lowest BCUT2D eigenvalue weighted by atomic mass is 10.0. The van der Waals surface area contributed by atoms with Gasteiger partial charge in [-0.25, -0.2) is 0 Å². The number of nitrogens with zero attached hydrogens (tertiary/aromatic N) is 2. The van der Waals surface area contributed by atoms with Gasteiger partial charge in [0, 0.05) is 31.2 Å². The van der Waals surface area contributed by atoms with Crippen molar-refractivity contribution in [3.8, 4) is 0 Å². The van der Waals surface area contributed by atoms with E-state index in [0.717, 1.165) is 12.1 Å². The van der Waals surface area contributed by atoms with Crippen LogP contribution in [0.2, 0.25) is 0 Å². The Morgan fingerprint density at radius 1 is 1.06 bits per heavy atom. The van der Waals surface area contributed by atoms with Crippen molar-refractivity contribution in [2.75, 3.05) is 26.2 Å². The van der Waals surface area contributed by atoms with Gasteiger partial charge in [0.1, 0.15) is 0 Å². The SMILES string of the molecule is CCC(CC)N1CCC(N2CCC(N)CC2)C1. The Kier molecular flexibility index (Phi) is 4.83. The van der Waals surface area contributed by atoms with Crippen LogP contribution in [0.5, 0.6) is 0 Å². The van der Waals surface area contributed by atoms with Crippen molar-refractivity contribution in [2.24, 2.45) is 5.73 Å². The van der Waals surface area contributed by atoms with Crippen molar-refractivity contribution >= 4 is 0 Å². The topological polar surface area (TPSA) is 32.5 Å². The van der Waals surface area contributed by atoms with Crippen LogP contribution in [-0.4, -0.2) is 54.1 Å². The van der Waals surface area contributed by atoms with Gasteiger partial charge in [-0.1, -0.05) is 13.8 Å². The van der Waals surface area contributed by atoms with Crippen molar-refractivity contribution in [3.63, 3.8) is 0 Å². The van der Waals surface area contributed by atoms with E-state index in [9.17, 15) is 0 Å². The lowest BCUT2D eigenvalue weighted by Crippen LogP contribution is -2.46. The monoisotopic (exact) mass is 239 g/mol. The maximum atomic E-state index is 5.98. The quantitative estimate of drug-likeness (QED) is 0.810. The van der Waals surface area contributed by atoms with Crippen molar-refractivity contribution < 1.29 is 0 Å². The third-order valence-corrected chi connectivity index (χ3v) is 4.74. The largest absolute Gasteiger partial charge is 0.328 e. The molecule has 0 spiro atoms. The molecule has 0 amide bonds. The molecule has 2 rings (SSSR count). The Labute approximate surface area is 106 Å². The van der Waals surface area contributed by atoms with Gasteiger partial charge in [0.25, 0.3) is 0 Å². The lowest BCUT2D eigenvalue weighted by Gasteiger charge is -2.35. The van der Waals surface area contributed by atoms with Gasteiger partial charge in [-0.15, -0.1) is 0 Å². The second kappa shape index (κ2) is 6.17. The summed E-state index contributed by atoms with van der Waals surface area (Å²) >= 11 is 0. The molecule has 0 aromatic heterocycles. The van der Waals surface area contributed by atoms with Gasteiger partial charge in [0.05, 0.1) is 0 Å². The van der Waals surface area contributed by atoms with Crippen LogP contribution in [0.25, 0.3) is 0 Å². The molecule has 1 atom stereocenters. The van der Waals surface area contributed by atoms with Crippen LogP contribution >= 0.6 is 0 Å². The van der Waals surface area contributed by atoms with Gasteiger partial charge in [0.2, 0.25) is 0 Å². The number of nitrogens with two attached hydrogens (primary N) is 1. The average molecular weight is 239 g/mol. The first-order chi connectivity index (χ1) is 8.24. The summed E-state index contributed by atoms with van der Waals surface area (Å²) in [6.07, 6.45) is 6.36. The Morgan fingerprint density at radius 3 is 2.29 bits per heavy atom. The van der Waals surface area contributed by atoms with Crippen molar-refractivity contribution in [2.45, 2.75) is 64.1 Å². The summed E-state index contributed by atoms with van der Waals surface area (Å²) < 4.78 is 0. The zero-order chi connectivity index (χ0) is 12.3. The molecule has 2 saturated heterocycles.